The van der Waals surface area contributed by atoms with E-state index in [0.29, 0.717) is 6.79 Å². The number of nitrogens with one attached hydrogen (secondary N) is 1. The van der Waals surface area contributed by atoms with E-state index in [0.717, 1.165) is 55.4 Å². The van der Waals surface area contributed by atoms with Crippen LogP contribution in [0.1, 0.15) is 56.5 Å². The molecule has 0 fully saturated rings. The highest BCUT2D eigenvalue weighted by molar-refractivity contribution is 5.55. The molecule has 0 bridgehead atoms. The molecule has 0 aliphatic carbocycles. The van der Waals surface area contributed by atoms with E-state index in [1.54, 1.807) is 0 Å². The second-order valence-corrected chi connectivity index (χ2v) is 8.23. The lowest BCUT2D eigenvalue weighted by atomic mass is 10.1. The molecule has 5 nitrogen and oxygen atoms in total. The van der Waals surface area contributed by atoms with Crippen molar-refractivity contribution in [2.75, 3.05) is 13.3 Å². The maximum absolute atomic E-state index is 5.58. The van der Waals surface area contributed by atoms with Crippen LogP contribution >= 0.6 is 0 Å². The summed E-state index contributed by atoms with van der Waals surface area (Å²) in [6, 6.07) is 16.7. The van der Waals surface area contributed by atoms with Crippen LogP contribution in [0.2, 0.25) is 0 Å². The van der Waals surface area contributed by atoms with Gasteiger partial charge in [0.1, 0.15) is 5.82 Å². The first-order valence-corrected chi connectivity index (χ1v) is 11.5. The van der Waals surface area contributed by atoms with E-state index in [1.165, 1.54) is 36.2 Å². The number of unbranched alkanes of at least 4 members (excludes halogenated alkanes) is 2. The number of imidazole rings is 1. The average molecular weight is 420 g/mol. The topological polar surface area (TPSA) is 50.4 Å². The molecule has 164 valence electrons. The van der Waals surface area contributed by atoms with Crippen molar-refractivity contribution in [2.24, 2.45) is 0 Å². The lowest BCUT2D eigenvalue weighted by Crippen LogP contribution is -2.24. The Morgan fingerprint density at radius 1 is 0.935 bits per heavy atom. The Hall–Kier alpha value is -2.79. The highest BCUT2D eigenvalue weighted by Gasteiger charge is 2.17. The van der Waals surface area contributed by atoms with E-state index in [-0.39, 0.29) is 0 Å². The summed E-state index contributed by atoms with van der Waals surface area (Å²) in [7, 11) is 0. The number of aryl methyl sites for hydroxylation is 1. The van der Waals surface area contributed by atoms with Crippen molar-refractivity contribution in [3.8, 4) is 22.9 Å². The Bertz CT molecular complexity index is 968. The minimum atomic E-state index is 0.315. The number of nitrogens with zero attached hydrogens (tertiary/aromatic N) is 2. The Labute approximate surface area is 185 Å². The molecule has 0 amide bonds. The van der Waals surface area contributed by atoms with Gasteiger partial charge in [0.05, 0.1) is 11.4 Å². The van der Waals surface area contributed by atoms with Gasteiger partial charge in [-0.2, -0.15) is 0 Å². The molecule has 0 radical (unpaired) electrons. The summed E-state index contributed by atoms with van der Waals surface area (Å²) < 4.78 is 11.0. The highest BCUT2D eigenvalue weighted by atomic mass is 16.7. The van der Waals surface area contributed by atoms with Crippen LogP contribution in [-0.2, 0) is 19.5 Å². The predicted molar refractivity (Wildman–Crippen MR) is 124 cm³/mol. The van der Waals surface area contributed by atoms with Crippen LogP contribution < -0.4 is 9.47 Å². The molecular weight excluding hydrogens is 386 g/mol. The maximum atomic E-state index is 5.58. The zero-order valence-electron chi connectivity index (χ0n) is 18.7. The minimum Gasteiger partial charge on any atom is -0.454 e. The number of fused-ring (bicyclic) bond motifs is 1. The maximum Gasteiger partial charge on any atom is 0.231 e. The lowest BCUT2D eigenvalue weighted by molar-refractivity contribution is 0.174. The van der Waals surface area contributed by atoms with E-state index in [2.05, 4.69) is 60.1 Å². The molecule has 1 aliphatic heterocycles. The summed E-state index contributed by atoms with van der Waals surface area (Å²) in [6.45, 7) is 7.59. The van der Waals surface area contributed by atoms with Gasteiger partial charge in [-0.15, -0.1) is 0 Å². The standard InChI is InChI=1S/C26H33N3O2/c1-3-5-12-22-23(28-26(27-22)21-10-8-7-9-11-21)18-29(15-6-4-2)17-20-13-14-24-25(16-20)31-19-30-24/h7-11,13-14,16H,3-6,12,15,17-19H2,1-2H3,(H,27,28). The van der Waals surface area contributed by atoms with E-state index in [4.69, 9.17) is 14.5 Å². The normalized spacial score (nSPS) is 12.6. The fourth-order valence-electron chi connectivity index (χ4n) is 3.98. The summed E-state index contributed by atoms with van der Waals surface area (Å²) in [5.41, 5.74) is 4.83. The van der Waals surface area contributed by atoms with Gasteiger partial charge in [-0.1, -0.05) is 63.1 Å². The molecule has 4 rings (SSSR count). The molecule has 2 aromatic carbocycles. The number of ether oxygens (including phenoxy) is 2. The van der Waals surface area contributed by atoms with E-state index in [9.17, 15) is 0 Å². The van der Waals surface area contributed by atoms with Gasteiger partial charge >= 0.3 is 0 Å². The molecule has 0 spiro atoms. The van der Waals surface area contributed by atoms with E-state index >= 15 is 0 Å². The molecule has 3 aromatic rings. The summed E-state index contributed by atoms with van der Waals surface area (Å²) >= 11 is 0. The quantitative estimate of drug-likeness (QED) is 0.417. The first-order valence-electron chi connectivity index (χ1n) is 11.5. The molecule has 1 aliphatic rings. The van der Waals surface area contributed by atoms with Gasteiger partial charge in [0.2, 0.25) is 6.79 Å². The second-order valence-electron chi connectivity index (χ2n) is 8.23. The number of rotatable bonds is 11. The zero-order chi connectivity index (χ0) is 21.5. The van der Waals surface area contributed by atoms with Gasteiger partial charge in [-0.05, 0) is 43.5 Å². The SMILES string of the molecule is CCCCc1nc(-c2ccccc2)[nH]c1CN(CCCC)Cc1ccc2c(c1)OCO2. The Kier molecular flexibility index (Phi) is 7.26. The molecular formula is C26H33N3O2. The summed E-state index contributed by atoms with van der Waals surface area (Å²) in [6.07, 6.45) is 5.70. The third kappa shape index (κ3) is 5.47. The van der Waals surface area contributed by atoms with Crippen molar-refractivity contribution in [3.05, 3.63) is 65.5 Å². The lowest BCUT2D eigenvalue weighted by Gasteiger charge is -2.22. The second kappa shape index (κ2) is 10.5. The fraction of sp³-hybridized carbons (Fsp3) is 0.423. The molecule has 0 saturated carbocycles. The molecule has 5 heteroatoms. The van der Waals surface area contributed by atoms with Gasteiger partial charge in [0.25, 0.3) is 0 Å². The number of aromatic nitrogens is 2. The van der Waals surface area contributed by atoms with Crippen LogP contribution in [0, 0.1) is 0 Å². The van der Waals surface area contributed by atoms with Crippen LogP contribution in [0.15, 0.2) is 48.5 Å². The van der Waals surface area contributed by atoms with Gasteiger partial charge in [0, 0.05) is 18.7 Å². The largest absolute Gasteiger partial charge is 0.454 e. The average Bonchev–Trinajstić information content (AvgIpc) is 3.43. The Morgan fingerprint density at radius 3 is 2.55 bits per heavy atom. The van der Waals surface area contributed by atoms with Crippen LogP contribution in [0.3, 0.4) is 0 Å². The van der Waals surface area contributed by atoms with E-state index < -0.39 is 0 Å². The predicted octanol–water partition coefficient (Wildman–Crippen LogP) is 5.95. The van der Waals surface area contributed by atoms with Gasteiger partial charge in [-0.3, -0.25) is 4.90 Å². The molecule has 1 N–H and O–H groups in total. The van der Waals surface area contributed by atoms with Crippen molar-refractivity contribution >= 4 is 0 Å². The molecule has 0 saturated heterocycles. The number of hydrogen-bond donors (Lipinski definition) is 1. The summed E-state index contributed by atoms with van der Waals surface area (Å²) in [4.78, 5) is 11.1. The number of H-pyrrole nitrogens is 1. The summed E-state index contributed by atoms with van der Waals surface area (Å²) in [5, 5.41) is 0. The van der Waals surface area contributed by atoms with Gasteiger partial charge in [0.15, 0.2) is 11.5 Å². The van der Waals surface area contributed by atoms with Crippen molar-refractivity contribution in [1.82, 2.24) is 14.9 Å². The van der Waals surface area contributed by atoms with Crippen molar-refractivity contribution in [2.45, 2.75) is 59.0 Å². The first-order chi connectivity index (χ1) is 15.3. The molecule has 2 heterocycles. The third-order valence-electron chi connectivity index (χ3n) is 5.73. The number of benzene rings is 2. The monoisotopic (exact) mass is 419 g/mol. The third-order valence-corrected chi connectivity index (χ3v) is 5.73. The first kappa shape index (κ1) is 21.4. The van der Waals surface area contributed by atoms with Crippen molar-refractivity contribution < 1.29 is 9.47 Å². The van der Waals surface area contributed by atoms with Gasteiger partial charge in [-0.25, -0.2) is 4.98 Å². The number of hydrogen-bond acceptors (Lipinski definition) is 4. The molecule has 0 atom stereocenters. The van der Waals surface area contributed by atoms with Crippen molar-refractivity contribution in [3.63, 3.8) is 0 Å². The number of aromatic amines is 1. The zero-order valence-corrected chi connectivity index (χ0v) is 18.7. The van der Waals surface area contributed by atoms with Crippen molar-refractivity contribution in [1.29, 1.82) is 0 Å². The Morgan fingerprint density at radius 2 is 1.74 bits per heavy atom. The van der Waals surface area contributed by atoms with Crippen LogP contribution in [-0.4, -0.2) is 28.2 Å². The summed E-state index contributed by atoms with van der Waals surface area (Å²) in [5.74, 6) is 2.66. The fourth-order valence-corrected chi connectivity index (χ4v) is 3.98. The smallest absolute Gasteiger partial charge is 0.231 e. The molecule has 31 heavy (non-hydrogen) atoms. The highest BCUT2D eigenvalue weighted by Crippen LogP contribution is 2.33. The van der Waals surface area contributed by atoms with Crippen LogP contribution in [0.25, 0.3) is 11.4 Å². The van der Waals surface area contributed by atoms with E-state index in [1.807, 2.05) is 12.1 Å². The Balaban J connectivity index is 1.55. The van der Waals surface area contributed by atoms with Crippen LogP contribution in [0.4, 0.5) is 0 Å². The van der Waals surface area contributed by atoms with Gasteiger partial charge < -0.3 is 14.5 Å². The minimum absolute atomic E-state index is 0.315. The molecule has 1 aromatic heterocycles. The molecule has 0 unspecified atom stereocenters. The van der Waals surface area contributed by atoms with Crippen LogP contribution in [0.5, 0.6) is 11.5 Å².